The lowest BCUT2D eigenvalue weighted by Gasteiger charge is -2.09. The Bertz CT molecular complexity index is 696. The number of aromatic hydroxyl groups is 1. The number of aliphatic hydroxyl groups excluding tert-OH is 1. The highest BCUT2D eigenvalue weighted by Gasteiger charge is 2.18. The van der Waals surface area contributed by atoms with Crippen LogP contribution in [0.4, 0.5) is 0 Å². The first-order chi connectivity index (χ1) is 11.0. The number of aryl methyl sites for hydroxylation is 1. The highest BCUT2D eigenvalue weighted by Crippen LogP contribution is 2.16. The van der Waals surface area contributed by atoms with E-state index in [0.717, 1.165) is 30.2 Å². The summed E-state index contributed by atoms with van der Waals surface area (Å²) in [5.41, 5.74) is 2.54. The second kappa shape index (κ2) is 7.54. The fourth-order valence-electron chi connectivity index (χ4n) is 2.23. The fraction of sp³-hybridized carbons (Fsp3) is 0.278. The number of ketones is 2. The minimum Gasteiger partial charge on any atom is -0.508 e. The average molecular weight is 313 g/mol. The highest BCUT2D eigenvalue weighted by molar-refractivity contribution is 6.46. The zero-order chi connectivity index (χ0) is 16.8. The molecule has 0 spiro atoms. The van der Waals surface area contributed by atoms with Crippen LogP contribution in [0.2, 0.25) is 0 Å². The monoisotopic (exact) mass is 313 g/mol. The van der Waals surface area contributed by atoms with Crippen LogP contribution >= 0.6 is 0 Å². The van der Waals surface area contributed by atoms with Crippen molar-refractivity contribution in [2.45, 2.75) is 26.2 Å². The van der Waals surface area contributed by atoms with Gasteiger partial charge in [-0.15, -0.1) is 0 Å². The number of hydrogen-bond acceptors (Lipinski definition) is 5. The first-order valence-corrected chi connectivity index (χ1v) is 7.43. The second-order valence-corrected chi connectivity index (χ2v) is 5.46. The maximum absolute atomic E-state index is 11.3. The molecular formula is C18H19NO4. The van der Waals surface area contributed by atoms with E-state index < -0.39 is 11.6 Å². The Balaban J connectivity index is 1.82. The second-order valence-electron chi connectivity index (χ2n) is 5.46. The third-order valence-corrected chi connectivity index (χ3v) is 3.62. The van der Waals surface area contributed by atoms with E-state index in [0.29, 0.717) is 18.5 Å². The van der Waals surface area contributed by atoms with Gasteiger partial charge in [-0.3, -0.25) is 14.6 Å². The number of carbonyl (C=O) groups is 2. The van der Waals surface area contributed by atoms with Gasteiger partial charge in [0.05, 0.1) is 0 Å². The molecule has 1 aliphatic rings. The van der Waals surface area contributed by atoms with Gasteiger partial charge < -0.3 is 10.2 Å². The summed E-state index contributed by atoms with van der Waals surface area (Å²) < 4.78 is 0. The molecule has 0 radical (unpaired) electrons. The van der Waals surface area contributed by atoms with Gasteiger partial charge in [0.1, 0.15) is 11.5 Å². The molecule has 0 heterocycles. The van der Waals surface area contributed by atoms with Crippen molar-refractivity contribution in [2.24, 2.45) is 4.99 Å². The van der Waals surface area contributed by atoms with Crippen LogP contribution in [0.5, 0.6) is 5.75 Å². The lowest BCUT2D eigenvalue weighted by Crippen LogP contribution is -2.15. The van der Waals surface area contributed by atoms with E-state index >= 15 is 0 Å². The molecule has 0 aromatic heterocycles. The molecule has 1 aliphatic carbocycles. The number of aliphatic hydroxyl groups is 1. The molecule has 2 rings (SSSR count). The summed E-state index contributed by atoms with van der Waals surface area (Å²) in [6.45, 7) is 2.38. The zero-order valence-electron chi connectivity index (χ0n) is 13.0. The topological polar surface area (TPSA) is 87.0 Å². The minimum absolute atomic E-state index is 0.147. The van der Waals surface area contributed by atoms with Gasteiger partial charge in [-0.2, -0.15) is 0 Å². The minimum atomic E-state index is -0.695. The maximum atomic E-state index is 11.3. The van der Waals surface area contributed by atoms with Crippen molar-refractivity contribution in [1.29, 1.82) is 0 Å². The van der Waals surface area contributed by atoms with E-state index in [1.807, 2.05) is 19.1 Å². The van der Waals surface area contributed by atoms with E-state index in [-0.39, 0.29) is 11.5 Å². The van der Waals surface area contributed by atoms with Gasteiger partial charge in [0.25, 0.3) is 0 Å². The summed E-state index contributed by atoms with van der Waals surface area (Å²) in [5, 5.41) is 18.9. The van der Waals surface area contributed by atoms with E-state index in [2.05, 4.69) is 4.99 Å². The van der Waals surface area contributed by atoms with Crippen LogP contribution in [0, 0.1) is 0 Å². The number of phenols is 1. The summed E-state index contributed by atoms with van der Waals surface area (Å²) in [7, 11) is 0. The predicted molar refractivity (Wildman–Crippen MR) is 87.8 cm³/mol. The molecule has 1 aromatic carbocycles. The molecule has 0 unspecified atom stereocenters. The number of allylic oxidation sites excluding steroid dienone is 3. The number of phenolic OH excluding ortho intramolecular Hbond substituents is 1. The number of aliphatic imine (C=N–C) groups is 1. The number of carbonyl (C=O) groups excluding carboxylic acids is 2. The Kier molecular flexibility index (Phi) is 5.46. The van der Waals surface area contributed by atoms with Crippen LogP contribution in [0.3, 0.4) is 0 Å². The van der Waals surface area contributed by atoms with Crippen molar-refractivity contribution in [2.75, 3.05) is 6.54 Å². The van der Waals surface area contributed by atoms with Crippen LogP contribution in [0.1, 0.15) is 25.3 Å². The summed E-state index contributed by atoms with van der Waals surface area (Å²) >= 11 is 0. The van der Waals surface area contributed by atoms with Crippen molar-refractivity contribution in [3.63, 3.8) is 0 Å². The predicted octanol–water partition coefficient (Wildman–Crippen LogP) is 2.70. The molecule has 1 aromatic rings. The Labute approximate surface area is 134 Å². The van der Waals surface area contributed by atoms with Crippen LogP contribution in [-0.4, -0.2) is 34.0 Å². The first kappa shape index (κ1) is 16.7. The lowest BCUT2D eigenvalue weighted by molar-refractivity contribution is -0.131. The molecular weight excluding hydrogens is 294 g/mol. The molecule has 0 fully saturated rings. The Hall–Kier alpha value is -2.69. The van der Waals surface area contributed by atoms with Crippen LogP contribution in [0.15, 0.2) is 52.7 Å². The molecule has 0 bridgehead atoms. The molecule has 0 atom stereocenters. The number of nitrogens with zero attached hydrogens (tertiary/aromatic N) is 1. The van der Waals surface area contributed by atoms with Gasteiger partial charge in [0.15, 0.2) is 0 Å². The molecule has 23 heavy (non-hydrogen) atoms. The Morgan fingerprint density at radius 1 is 1.00 bits per heavy atom. The van der Waals surface area contributed by atoms with Crippen molar-refractivity contribution in [3.8, 4) is 5.75 Å². The van der Waals surface area contributed by atoms with Gasteiger partial charge in [0, 0.05) is 18.3 Å². The van der Waals surface area contributed by atoms with Crippen molar-refractivity contribution in [3.05, 3.63) is 53.3 Å². The van der Waals surface area contributed by atoms with Gasteiger partial charge in [0.2, 0.25) is 11.6 Å². The SMILES string of the molecule is CC(CCc1ccc(O)cc1)=NCCC1=CC(=O)C(=O)C=C1O. The molecule has 5 nitrogen and oxygen atoms in total. The normalized spacial score (nSPS) is 15.4. The number of rotatable bonds is 6. The smallest absolute Gasteiger partial charge is 0.229 e. The third-order valence-electron chi connectivity index (χ3n) is 3.62. The van der Waals surface area contributed by atoms with Crippen LogP contribution in [-0.2, 0) is 16.0 Å². The van der Waals surface area contributed by atoms with Crippen molar-refractivity contribution in [1.82, 2.24) is 0 Å². The summed E-state index contributed by atoms with van der Waals surface area (Å²) in [4.78, 5) is 26.8. The van der Waals surface area contributed by atoms with Crippen LogP contribution in [0.25, 0.3) is 0 Å². The summed E-state index contributed by atoms with van der Waals surface area (Å²) in [6, 6.07) is 7.07. The zero-order valence-corrected chi connectivity index (χ0v) is 13.0. The lowest BCUT2D eigenvalue weighted by atomic mass is 10.0. The molecule has 0 saturated carbocycles. The van der Waals surface area contributed by atoms with Gasteiger partial charge in [-0.25, -0.2) is 0 Å². The molecule has 0 aliphatic heterocycles. The molecule has 0 saturated heterocycles. The maximum Gasteiger partial charge on any atom is 0.229 e. The van der Waals surface area contributed by atoms with Crippen molar-refractivity contribution < 1.29 is 19.8 Å². The largest absolute Gasteiger partial charge is 0.508 e. The molecule has 0 amide bonds. The van der Waals surface area contributed by atoms with Gasteiger partial charge in [-0.05, 0) is 55.5 Å². The standard InChI is InChI=1S/C18H19NO4/c1-12(2-3-13-4-6-15(20)7-5-13)19-9-8-14-10-17(22)18(23)11-16(14)21/h4-7,10-11,20-21H,2-3,8-9H2,1H3. The van der Waals surface area contributed by atoms with E-state index in [4.69, 9.17) is 0 Å². The van der Waals surface area contributed by atoms with Gasteiger partial charge >= 0.3 is 0 Å². The fourth-order valence-corrected chi connectivity index (χ4v) is 2.23. The third kappa shape index (κ3) is 4.92. The Morgan fingerprint density at radius 2 is 1.65 bits per heavy atom. The van der Waals surface area contributed by atoms with Crippen LogP contribution < -0.4 is 0 Å². The molecule has 120 valence electrons. The Morgan fingerprint density at radius 3 is 2.35 bits per heavy atom. The number of hydrogen-bond donors (Lipinski definition) is 2. The molecule has 5 heteroatoms. The van der Waals surface area contributed by atoms with Gasteiger partial charge in [-0.1, -0.05) is 12.1 Å². The van der Waals surface area contributed by atoms with E-state index in [1.165, 1.54) is 6.08 Å². The first-order valence-electron chi connectivity index (χ1n) is 7.43. The number of benzene rings is 1. The quantitative estimate of drug-likeness (QED) is 0.480. The summed E-state index contributed by atoms with van der Waals surface area (Å²) in [6.07, 6.45) is 4.18. The summed E-state index contributed by atoms with van der Waals surface area (Å²) in [5.74, 6) is -1.20. The molecule has 2 N–H and O–H groups in total. The highest BCUT2D eigenvalue weighted by atomic mass is 16.3. The van der Waals surface area contributed by atoms with E-state index in [9.17, 15) is 19.8 Å². The van der Waals surface area contributed by atoms with E-state index in [1.54, 1.807) is 12.1 Å². The van der Waals surface area contributed by atoms with Crippen molar-refractivity contribution >= 4 is 17.3 Å². The average Bonchev–Trinajstić information content (AvgIpc) is 2.52.